The van der Waals surface area contributed by atoms with E-state index in [0.29, 0.717) is 41.4 Å². The van der Waals surface area contributed by atoms with Crippen molar-refractivity contribution in [2.24, 2.45) is 12.8 Å². The van der Waals surface area contributed by atoms with Crippen LogP contribution >= 0.6 is 11.6 Å². The van der Waals surface area contributed by atoms with Gasteiger partial charge in [-0.3, -0.25) is 9.48 Å². The van der Waals surface area contributed by atoms with Crippen molar-refractivity contribution in [3.8, 4) is 11.1 Å². The van der Waals surface area contributed by atoms with E-state index in [1.807, 2.05) is 6.92 Å². The Labute approximate surface area is 173 Å². The molecule has 0 saturated heterocycles. The molecule has 3 N–H and O–H groups in total. The Kier molecular flexibility index (Phi) is 6.56. The summed E-state index contributed by atoms with van der Waals surface area (Å²) in [6, 6.07) is 6.02. The molecular formula is C20H22ClFN6O. The van der Waals surface area contributed by atoms with Crippen LogP contribution in [0.5, 0.6) is 0 Å². The van der Waals surface area contributed by atoms with Gasteiger partial charge in [0.25, 0.3) is 5.91 Å². The minimum absolute atomic E-state index is 0.0876. The zero-order valence-electron chi connectivity index (χ0n) is 16.2. The van der Waals surface area contributed by atoms with E-state index in [2.05, 4.69) is 20.4 Å². The number of carbonyl (C=O) groups excluding carboxylic acids is 1. The van der Waals surface area contributed by atoms with Crippen LogP contribution in [-0.2, 0) is 26.6 Å². The molecule has 0 aliphatic carbocycles. The number of pyridine rings is 1. The van der Waals surface area contributed by atoms with Crippen LogP contribution < -0.4 is 11.1 Å². The molecule has 2 aromatic heterocycles. The first-order chi connectivity index (χ1) is 13.9. The van der Waals surface area contributed by atoms with Crippen molar-refractivity contribution in [1.82, 2.24) is 25.1 Å². The van der Waals surface area contributed by atoms with Gasteiger partial charge in [0.1, 0.15) is 23.7 Å². The Hall–Kier alpha value is -2.84. The summed E-state index contributed by atoms with van der Waals surface area (Å²) in [6.07, 6.45) is 2.98. The average molecular weight is 417 g/mol. The number of primary amides is 1. The molecular weight excluding hydrogens is 395 g/mol. The first-order valence-electron chi connectivity index (χ1n) is 9.22. The normalized spacial score (nSPS) is 11.0. The van der Waals surface area contributed by atoms with E-state index >= 15 is 0 Å². The van der Waals surface area contributed by atoms with Crippen LogP contribution in [0.4, 0.5) is 4.39 Å². The molecule has 29 heavy (non-hydrogen) atoms. The molecule has 3 rings (SSSR count). The number of benzene rings is 1. The third kappa shape index (κ3) is 4.78. The Bertz CT molecular complexity index is 1040. The van der Waals surface area contributed by atoms with Crippen molar-refractivity contribution < 1.29 is 9.18 Å². The predicted molar refractivity (Wildman–Crippen MR) is 109 cm³/mol. The third-order valence-corrected chi connectivity index (χ3v) is 4.80. The maximum absolute atomic E-state index is 14.6. The SMILES string of the molecule is CCCc1c(-c2ccc(Cl)cc2F)cc(C(N)=O)nc1CNCc1ncnn1C. The molecule has 0 aliphatic rings. The molecule has 0 radical (unpaired) electrons. The van der Waals surface area contributed by atoms with Gasteiger partial charge in [0.05, 0.1) is 12.2 Å². The summed E-state index contributed by atoms with van der Waals surface area (Å²) in [5, 5.41) is 7.60. The minimum Gasteiger partial charge on any atom is -0.364 e. The second kappa shape index (κ2) is 9.11. The number of hydrogen-bond acceptors (Lipinski definition) is 5. The average Bonchev–Trinajstić information content (AvgIpc) is 3.08. The maximum Gasteiger partial charge on any atom is 0.267 e. The summed E-state index contributed by atoms with van der Waals surface area (Å²) in [6.45, 7) is 2.86. The molecule has 0 spiro atoms. The van der Waals surface area contributed by atoms with E-state index < -0.39 is 11.7 Å². The molecule has 0 fully saturated rings. The van der Waals surface area contributed by atoms with Crippen LogP contribution in [0.3, 0.4) is 0 Å². The zero-order valence-corrected chi connectivity index (χ0v) is 17.0. The van der Waals surface area contributed by atoms with Crippen LogP contribution in [0.2, 0.25) is 5.02 Å². The van der Waals surface area contributed by atoms with E-state index in [4.69, 9.17) is 17.3 Å². The lowest BCUT2D eigenvalue weighted by Crippen LogP contribution is -2.21. The minimum atomic E-state index is -0.668. The fraction of sp³-hybridized carbons (Fsp3) is 0.300. The van der Waals surface area contributed by atoms with Gasteiger partial charge < -0.3 is 11.1 Å². The second-order valence-electron chi connectivity index (χ2n) is 6.62. The topological polar surface area (TPSA) is 98.7 Å². The molecule has 0 bridgehead atoms. The maximum atomic E-state index is 14.6. The van der Waals surface area contributed by atoms with Gasteiger partial charge in [0.15, 0.2) is 0 Å². The molecule has 1 aromatic carbocycles. The van der Waals surface area contributed by atoms with E-state index in [1.165, 1.54) is 12.4 Å². The van der Waals surface area contributed by atoms with Crippen molar-refractivity contribution in [2.45, 2.75) is 32.9 Å². The van der Waals surface area contributed by atoms with E-state index in [0.717, 1.165) is 17.8 Å². The summed E-state index contributed by atoms with van der Waals surface area (Å²) in [7, 11) is 1.81. The Morgan fingerprint density at radius 2 is 2.07 bits per heavy atom. The Balaban J connectivity index is 2.02. The number of rotatable bonds is 8. The summed E-state index contributed by atoms with van der Waals surface area (Å²) in [4.78, 5) is 20.5. The number of nitrogens with two attached hydrogens (primary N) is 1. The van der Waals surface area contributed by atoms with Gasteiger partial charge in [-0.2, -0.15) is 5.10 Å². The first-order valence-corrected chi connectivity index (χ1v) is 9.60. The molecule has 0 unspecified atom stereocenters. The van der Waals surface area contributed by atoms with E-state index in [-0.39, 0.29) is 5.69 Å². The molecule has 9 heteroatoms. The summed E-state index contributed by atoms with van der Waals surface area (Å²) in [5.41, 5.74) is 8.04. The van der Waals surface area contributed by atoms with Gasteiger partial charge in [0, 0.05) is 24.2 Å². The smallest absolute Gasteiger partial charge is 0.267 e. The van der Waals surface area contributed by atoms with Crippen molar-refractivity contribution in [2.75, 3.05) is 0 Å². The van der Waals surface area contributed by atoms with Gasteiger partial charge in [-0.1, -0.05) is 24.9 Å². The zero-order chi connectivity index (χ0) is 21.0. The number of nitrogens with one attached hydrogen (secondary N) is 1. The van der Waals surface area contributed by atoms with Crippen molar-refractivity contribution in [3.63, 3.8) is 0 Å². The highest BCUT2D eigenvalue weighted by molar-refractivity contribution is 6.30. The first kappa shape index (κ1) is 20.9. The highest BCUT2D eigenvalue weighted by Gasteiger charge is 2.18. The van der Waals surface area contributed by atoms with E-state index in [1.54, 1.807) is 29.9 Å². The third-order valence-electron chi connectivity index (χ3n) is 4.56. The van der Waals surface area contributed by atoms with Crippen molar-refractivity contribution in [3.05, 3.63) is 64.2 Å². The van der Waals surface area contributed by atoms with Crippen molar-refractivity contribution >= 4 is 17.5 Å². The van der Waals surface area contributed by atoms with Crippen LogP contribution in [0.1, 0.15) is 40.9 Å². The molecule has 3 aromatic rings. The number of hydrogen-bond donors (Lipinski definition) is 2. The van der Waals surface area contributed by atoms with Crippen LogP contribution in [-0.4, -0.2) is 25.7 Å². The summed E-state index contributed by atoms with van der Waals surface area (Å²) < 4.78 is 16.3. The van der Waals surface area contributed by atoms with Crippen LogP contribution in [0.25, 0.3) is 11.1 Å². The molecule has 0 atom stereocenters. The van der Waals surface area contributed by atoms with Gasteiger partial charge in [-0.05, 0) is 41.8 Å². The lowest BCUT2D eigenvalue weighted by molar-refractivity contribution is 0.0995. The van der Waals surface area contributed by atoms with Crippen LogP contribution in [0, 0.1) is 5.82 Å². The lowest BCUT2D eigenvalue weighted by Gasteiger charge is -2.17. The number of aromatic nitrogens is 4. The van der Waals surface area contributed by atoms with E-state index in [9.17, 15) is 9.18 Å². The largest absolute Gasteiger partial charge is 0.364 e. The molecule has 1 amide bonds. The fourth-order valence-corrected chi connectivity index (χ4v) is 3.31. The fourth-order valence-electron chi connectivity index (χ4n) is 3.15. The van der Waals surface area contributed by atoms with Gasteiger partial charge in [-0.25, -0.2) is 14.4 Å². The number of amides is 1. The molecule has 0 aliphatic heterocycles. The van der Waals surface area contributed by atoms with Gasteiger partial charge >= 0.3 is 0 Å². The van der Waals surface area contributed by atoms with Crippen LogP contribution in [0.15, 0.2) is 30.6 Å². The quantitative estimate of drug-likeness (QED) is 0.588. The highest BCUT2D eigenvalue weighted by Crippen LogP contribution is 2.31. The standard InChI is InChI=1S/C20H22ClFN6O/c1-3-4-14-15(13-6-5-12(21)7-16(13)22)8-17(20(23)29)27-18(14)9-24-10-19-25-11-26-28(19)2/h5-8,11,24H,3-4,9-10H2,1-2H3,(H2,23,29). The summed E-state index contributed by atoms with van der Waals surface area (Å²) in [5.74, 6) is -0.371. The number of nitrogens with zero attached hydrogens (tertiary/aromatic N) is 4. The predicted octanol–water partition coefficient (Wildman–Crippen LogP) is 3.01. The molecule has 7 nitrogen and oxygen atoms in total. The monoisotopic (exact) mass is 416 g/mol. The Morgan fingerprint density at radius 1 is 1.28 bits per heavy atom. The highest BCUT2D eigenvalue weighted by atomic mass is 35.5. The molecule has 0 saturated carbocycles. The second-order valence-corrected chi connectivity index (χ2v) is 7.06. The summed E-state index contributed by atoms with van der Waals surface area (Å²) >= 11 is 5.90. The number of halogens is 2. The van der Waals surface area contributed by atoms with Gasteiger partial charge in [0.2, 0.25) is 0 Å². The number of carbonyl (C=O) groups is 1. The number of aryl methyl sites for hydroxylation is 1. The molecule has 2 heterocycles. The lowest BCUT2D eigenvalue weighted by atomic mass is 9.94. The van der Waals surface area contributed by atoms with Crippen molar-refractivity contribution in [1.29, 1.82) is 0 Å². The Morgan fingerprint density at radius 3 is 2.69 bits per heavy atom. The van der Waals surface area contributed by atoms with Gasteiger partial charge in [-0.15, -0.1) is 0 Å². The molecule has 152 valence electrons.